The Hall–Kier alpha value is -2.74. The van der Waals surface area contributed by atoms with Gasteiger partial charge in [0.25, 0.3) is 0 Å². The predicted molar refractivity (Wildman–Crippen MR) is 105 cm³/mol. The Bertz CT molecular complexity index is 912. The van der Waals surface area contributed by atoms with E-state index in [1.54, 1.807) is 50.6 Å². The van der Waals surface area contributed by atoms with Crippen LogP contribution in [0, 0.1) is 0 Å². The number of benzene rings is 2. The molecule has 0 aliphatic rings. The second kappa shape index (κ2) is 8.77. The molecule has 1 amide bonds. The van der Waals surface area contributed by atoms with Gasteiger partial charge in [0.2, 0.25) is 15.9 Å². The molecule has 7 nitrogen and oxygen atoms in total. The van der Waals surface area contributed by atoms with Gasteiger partial charge in [-0.2, -0.15) is 0 Å². The lowest BCUT2D eigenvalue weighted by molar-refractivity contribution is -0.121. The van der Waals surface area contributed by atoms with Crippen LogP contribution in [0.15, 0.2) is 42.5 Å². The van der Waals surface area contributed by atoms with Crippen molar-refractivity contribution in [1.29, 1.82) is 0 Å². The Morgan fingerprint density at radius 1 is 1.11 bits per heavy atom. The smallest absolute Gasteiger partial charge is 0.229 e. The predicted octanol–water partition coefficient (Wildman–Crippen LogP) is 2.50. The minimum Gasteiger partial charge on any atom is -0.497 e. The number of carbonyl (C=O) groups excluding carboxylic acids is 1. The molecular formula is C19H24N2O5S. The summed E-state index contributed by atoms with van der Waals surface area (Å²) in [6.07, 6.45) is 1.24. The molecule has 0 aromatic heterocycles. The first-order valence-electron chi connectivity index (χ1n) is 8.30. The topological polar surface area (TPSA) is 93.7 Å². The normalized spacial score (nSPS) is 12.1. The van der Waals surface area contributed by atoms with Crippen LogP contribution < -0.4 is 19.5 Å². The van der Waals surface area contributed by atoms with Crippen molar-refractivity contribution in [2.45, 2.75) is 19.4 Å². The second-order valence-corrected chi connectivity index (χ2v) is 7.89. The summed E-state index contributed by atoms with van der Waals surface area (Å²) in [5.74, 6) is 1.06. The van der Waals surface area contributed by atoms with Crippen LogP contribution in [0.2, 0.25) is 0 Å². The number of amides is 1. The van der Waals surface area contributed by atoms with E-state index in [0.29, 0.717) is 17.2 Å². The molecule has 8 heteroatoms. The molecule has 0 aliphatic heterocycles. The van der Waals surface area contributed by atoms with E-state index >= 15 is 0 Å². The summed E-state index contributed by atoms with van der Waals surface area (Å²) in [5.41, 5.74) is 1.99. The quantitative estimate of drug-likeness (QED) is 0.720. The number of methoxy groups -OCH3 is 2. The first-order valence-corrected chi connectivity index (χ1v) is 10.2. The van der Waals surface area contributed by atoms with Gasteiger partial charge < -0.3 is 14.8 Å². The molecule has 1 atom stereocenters. The van der Waals surface area contributed by atoms with Crippen molar-refractivity contribution in [2.75, 3.05) is 25.2 Å². The Kier molecular flexibility index (Phi) is 6.68. The highest BCUT2D eigenvalue weighted by atomic mass is 32.2. The van der Waals surface area contributed by atoms with Gasteiger partial charge in [0.05, 0.1) is 32.9 Å². The van der Waals surface area contributed by atoms with E-state index in [2.05, 4.69) is 10.0 Å². The van der Waals surface area contributed by atoms with E-state index in [1.807, 2.05) is 13.0 Å². The van der Waals surface area contributed by atoms with Gasteiger partial charge in [-0.3, -0.25) is 9.52 Å². The van der Waals surface area contributed by atoms with Gasteiger partial charge in [-0.25, -0.2) is 8.42 Å². The summed E-state index contributed by atoms with van der Waals surface area (Å²) < 4.78 is 35.6. The Morgan fingerprint density at radius 2 is 1.85 bits per heavy atom. The van der Waals surface area contributed by atoms with Gasteiger partial charge in [-0.15, -0.1) is 0 Å². The number of hydrogen-bond acceptors (Lipinski definition) is 5. The number of sulfonamides is 1. The molecule has 2 aromatic rings. The highest BCUT2D eigenvalue weighted by Gasteiger charge is 2.14. The van der Waals surface area contributed by atoms with Crippen LogP contribution in [-0.4, -0.2) is 34.8 Å². The summed E-state index contributed by atoms with van der Waals surface area (Å²) in [6.45, 7) is 1.84. The van der Waals surface area contributed by atoms with Crippen LogP contribution in [0.4, 0.5) is 5.69 Å². The van der Waals surface area contributed by atoms with E-state index in [4.69, 9.17) is 9.47 Å². The van der Waals surface area contributed by atoms with Crippen molar-refractivity contribution in [3.8, 4) is 11.5 Å². The van der Waals surface area contributed by atoms with Crippen LogP contribution in [0.3, 0.4) is 0 Å². The summed E-state index contributed by atoms with van der Waals surface area (Å²) in [7, 11) is -0.253. The SMILES string of the molecule is COc1ccc(CC(=O)NC(C)c2cccc(NS(C)(=O)=O)c2)c(OC)c1. The third-order valence-electron chi connectivity index (χ3n) is 3.91. The lowest BCUT2D eigenvalue weighted by Crippen LogP contribution is -2.28. The van der Waals surface area contributed by atoms with Gasteiger partial charge in [0, 0.05) is 17.3 Å². The van der Waals surface area contributed by atoms with Crippen molar-refractivity contribution in [2.24, 2.45) is 0 Å². The fourth-order valence-corrected chi connectivity index (χ4v) is 3.19. The minimum absolute atomic E-state index is 0.152. The minimum atomic E-state index is -3.36. The Labute approximate surface area is 159 Å². The fraction of sp³-hybridized carbons (Fsp3) is 0.316. The lowest BCUT2D eigenvalue weighted by Gasteiger charge is -2.16. The first-order chi connectivity index (χ1) is 12.7. The zero-order valence-electron chi connectivity index (χ0n) is 15.8. The van der Waals surface area contributed by atoms with Gasteiger partial charge in [-0.05, 0) is 30.7 Å². The number of anilines is 1. The van der Waals surface area contributed by atoms with E-state index in [1.165, 1.54) is 0 Å². The molecule has 0 saturated heterocycles. The number of hydrogen-bond donors (Lipinski definition) is 2. The third kappa shape index (κ3) is 6.18. The van der Waals surface area contributed by atoms with Crippen LogP contribution in [0.25, 0.3) is 0 Å². The summed E-state index contributed by atoms with van der Waals surface area (Å²) in [4.78, 5) is 12.4. The molecule has 0 heterocycles. The summed E-state index contributed by atoms with van der Waals surface area (Å²) in [5, 5.41) is 2.91. The zero-order chi connectivity index (χ0) is 20.0. The molecule has 0 fully saturated rings. The molecule has 0 bridgehead atoms. The van der Waals surface area contributed by atoms with Gasteiger partial charge in [-0.1, -0.05) is 18.2 Å². The number of nitrogens with one attached hydrogen (secondary N) is 2. The maximum Gasteiger partial charge on any atom is 0.229 e. The monoisotopic (exact) mass is 392 g/mol. The van der Waals surface area contributed by atoms with Gasteiger partial charge >= 0.3 is 0 Å². The number of rotatable bonds is 8. The molecule has 1 unspecified atom stereocenters. The van der Waals surface area contributed by atoms with E-state index < -0.39 is 10.0 Å². The molecule has 2 N–H and O–H groups in total. The molecule has 146 valence electrons. The van der Waals surface area contributed by atoms with Crippen LogP contribution in [0.1, 0.15) is 24.1 Å². The molecule has 0 aliphatic carbocycles. The van der Waals surface area contributed by atoms with Crippen LogP contribution in [0.5, 0.6) is 11.5 Å². The summed E-state index contributed by atoms with van der Waals surface area (Å²) in [6, 6.07) is 11.9. The largest absolute Gasteiger partial charge is 0.497 e. The third-order valence-corrected chi connectivity index (χ3v) is 4.52. The van der Waals surface area contributed by atoms with Crippen LogP contribution in [-0.2, 0) is 21.2 Å². The molecule has 27 heavy (non-hydrogen) atoms. The average Bonchev–Trinajstić information content (AvgIpc) is 2.60. The van der Waals surface area contributed by atoms with Crippen molar-refractivity contribution in [3.05, 3.63) is 53.6 Å². The standard InChI is InChI=1S/C19H24N2O5S/c1-13(14-6-5-7-16(10-14)21-27(4,23)24)20-19(22)11-15-8-9-17(25-2)12-18(15)26-3/h5-10,12-13,21H,11H2,1-4H3,(H,20,22). The Morgan fingerprint density at radius 3 is 2.48 bits per heavy atom. The maximum absolute atomic E-state index is 12.4. The van der Waals surface area contributed by atoms with Crippen molar-refractivity contribution in [3.63, 3.8) is 0 Å². The van der Waals surface area contributed by atoms with E-state index in [9.17, 15) is 13.2 Å². The maximum atomic E-state index is 12.4. The lowest BCUT2D eigenvalue weighted by atomic mass is 10.1. The van der Waals surface area contributed by atoms with Crippen molar-refractivity contribution < 1.29 is 22.7 Å². The molecule has 0 radical (unpaired) electrons. The van der Waals surface area contributed by atoms with Gasteiger partial charge in [0.1, 0.15) is 11.5 Å². The zero-order valence-corrected chi connectivity index (χ0v) is 16.6. The number of carbonyl (C=O) groups is 1. The van der Waals surface area contributed by atoms with E-state index in [0.717, 1.165) is 17.4 Å². The molecular weight excluding hydrogens is 368 g/mol. The fourth-order valence-electron chi connectivity index (χ4n) is 2.63. The molecule has 2 rings (SSSR count). The summed E-state index contributed by atoms with van der Waals surface area (Å²) >= 11 is 0. The second-order valence-electron chi connectivity index (χ2n) is 6.14. The number of ether oxygens (including phenoxy) is 2. The molecule has 0 saturated carbocycles. The first kappa shape index (κ1) is 20.6. The van der Waals surface area contributed by atoms with Crippen molar-refractivity contribution in [1.82, 2.24) is 5.32 Å². The van der Waals surface area contributed by atoms with Crippen LogP contribution >= 0.6 is 0 Å². The molecule has 2 aromatic carbocycles. The van der Waals surface area contributed by atoms with Gasteiger partial charge in [0.15, 0.2) is 0 Å². The highest BCUT2D eigenvalue weighted by Crippen LogP contribution is 2.25. The van der Waals surface area contributed by atoms with Crippen molar-refractivity contribution >= 4 is 21.6 Å². The average molecular weight is 392 g/mol. The highest BCUT2D eigenvalue weighted by molar-refractivity contribution is 7.92. The Balaban J connectivity index is 2.07. The molecule has 0 spiro atoms. The van der Waals surface area contributed by atoms with E-state index in [-0.39, 0.29) is 18.4 Å².